The van der Waals surface area contributed by atoms with E-state index in [1.165, 1.54) is 4.90 Å². The zero-order valence-electron chi connectivity index (χ0n) is 15.6. The first-order valence-corrected chi connectivity index (χ1v) is 11.4. The van der Waals surface area contributed by atoms with Crippen molar-refractivity contribution in [3.63, 3.8) is 0 Å². The number of hydrogen-bond donors (Lipinski definition) is 1. The van der Waals surface area contributed by atoms with Crippen LogP contribution in [0.1, 0.15) is 20.3 Å². The molecule has 1 aliphatic heterocycles. The molecule has 8 heteroatoms. The van der Waals surface area contributed by atoms with E-state index in [2.05, 4.69) is 37.2 Å². The highest BCUT2D eigenvalue weighted by Crippen LogP contribution is 2.60. The fraction of sp³-hybridized carbons (Fsp3) is 0.550. The molecule has 3 fully saturated rings. The van der Waals surface area contributed by atoms with Gasteiger partial charge in [0.25, 0.3) is 0 Å². The number of rotatable bonds is 5. The van der Waals surface area contributed by atoms with Crippen LogP contribution < -0.4 is 10.1 Å². The minimum Gasteiger partial charge on any atom is -0.494 e. The van der Waals surface area contributed by atoms with E-state index in [1.54, 1.807) is 31.2 Å². The highest BCUT2D eigenvalue weighted by Gasteiger charge is 2.67. The van der Waals surface area contributed by atoms with Crippen LogP contribution in [-0.4, -0.2) is 44.9 Å². The maximum Gasteiger partial charge on any atom is 0.247 e. The Morgan fingerprint density at radius 2 is 1.68 bits per heavy atom. The number of fused-ring (bicyclic) bond motifs is 5. The monoisotopic (exact) mass is 512 g/mol. The number of alkyl halides is 2. The summed E-state index contributed by atoms with van der Waals surface area (Å²) in [4.78, 5) is 40.3. The molecule has 1 heterocycles. The second-order valence-corrected chi connectivity index (χ2v) is 9.79. The Morgan fingerprint density at radius 1 is 1.14 bits per heavy atom. The minimum absolute atomic E-state index is 0.141. The summed E-state index contributed by atoms with van der Waals surface area (Å²) in [7, 11) is 0. The second-order valence-electron chi connectivity index (χ2n) is 7.67. The summed E-state index contributed by atoms with van der Waals surface area (Å²) < 4.78 is 5.39. The Bertz CT molecular complexity index is 783. The van der Waals surface area contributed by atoms with Gasteiger partial charge in [-0.25, -0.2) is 0 Å². The largest absolute Gasteiger partial charge is 0.494 e. The van der Waals surface area contributed by atoms with Crippen LogP contribution in [0.15, 0.2) is 24.3 Å². The maximum absolute atomic E-state index is 13.0. The molecule has 28 heavy (non-hydrogen) atoms. The quantitative estimate of drug-likeness (QED) is 0.484. The van der Waals surface area contributed by atoms with E-state index in [0.29, 0.717) is 12.3 Å². The van der Waals surface area contributed by atoms with Gasteiger partial charge in [-0.15, -0.1) is 0 Å². The van der Waals surface area contributed by atoms with Gasteiger partial charge in [-0.3, -0.25) is 19.3 Å². The number of carbonyl (C=O) groups is 3. The van der Waals surface area contributed by atoms with Crippen LogP contribution in [0, 0.1) is 23.7 Å². The van der Waals surface area contributed by atoms with Crippen LogP contribution in [0.25, 0.3) is 0 Å². The van der Waals surface area contributed by atoms with Gasteiger partial charge in [0.05, 0.1) is 18.4 Å². The first-order valence-electron chi connectivity index (χ1n) is 9.54. The predicted molar refractivity (Wildman–Crippen MR) is 112 cm³/mol. The van der Waals surface area contributed by atoms with E-state index in [-0.39, 0.29) is 51.0 Å². The molecule has 1 aromatic carbocycles. The summed E-state index contributed by atoms with van der Waals surface area (Å²) in [6.45, 7) is 4.08. The predicted octanol–water partition coefficient (Wildman–Crippen LogP) is 3.19. The molecule has 1 aromatic rings. The zero-order chi connectivity index (χ0) is 20.2. The lowest BCUT2D eigenvalue weighted by Crippen LogP contribution is -2.46. The van der Waals surface area contributed by atoms with Crippen LogP contribution >= 0.6 is 31.9 Å². The van der Waals surface area contributed by atoms with Gasteiger partial charge < -0.3 is 10.1 Å². The van der Waals surface area contributed by atoms with Gasteiger partial charge in [0.1, 0.15) is 11.8 Å². The average molecular weight is 514 g/mol. The summed E-state index contributed by atoms with van der Waals surface area (Å²) in [6, 6.07) is 6.17. The van der Waals surface area contributed by atoms with Crippen molar-refractivity contribution in [2.75, 3.05) is 11.9 Å². The van der Waals surface area contributed by atoms with Crippen molar-refractivity contribution in [2.45, 2.75) is 36.0 Å². The maximum atomic E-state index is 13.0. The van der Waals surface area contributed by atoms with Crippen molar-refractivity contribution in [3.05, 3.63) is 24.3 Å². The first kappa shape index (κ1) is 19.9. The van der Waals surface area contributed by atoms with Crippen molar-refractivity contribution in [2.24, 2.45) is 23.7 Å². The van der Waals surface area contributed by atoms with Gasteiger partial charge >= 0.3 is 0 Å². The molecule has 1 saturated heterocycles. The second kappa shape index (κ2) is 7.44. The van der Waals surface area contributed by atoms with Gasteiger partial charge in [0.15, 0.2) is 0 Å². The Kier molecular flexibility index (Phi) is 5.29. The van der Waals surface area contributed by atoms with Gasteiger partial charge in [-0.1, -0.05) is 31.9 Å². The molecule has 2 bridgehead atoms. The SMILES string of the molecule is CCOc1ccc(NC(=O)[C@H](C)N2C(=O)[C@@H]3[C@H]4C[C@@H]([C@H](Br)[C@H]4Br)[C@@H]3C2=O)cc1. The fourth-order valence-corrected chi connectivity index (χ4v) is 6.79. The van der Waals surface area contributed by atoms with Crippen LogP contribution in [-0.2, 0) is 14.4 Å². The topological polar surface area (TPSA) is 75.7 Å². The summed E-state index contributed by atoms with van der Waals surface area (Å²) in [5.41, 5.74) is 0.598. The van der Waals surface area contributed by atoms with Crippen molar-refractivity contribution < 1.29 is 19.1 Å². The molecular formula is C20H22Br2N2O4. The minimum atomic E-state index is -0.848. The van der Waals surface area contributed by atoms with Crippen LogP contribution in [0.5, 0.6) is 5.75 Å². The third-order valence-electron chi connectivity index (χ3n) is 6.22. The molecule has 0 unspecified atom stereocenters. The van der Waals surface area contributed by atoms with Crippen LogP contribution in [0.2, 0.25) is 0 Å². The molecule has 3 amide bonds. The highest BCUT2D eigenvalue weighted by atomic mass is 79.9. The van der Waals surface area contributed by atoms with Gasteiger partial charge in [0.2, 0.25) is 17.7 Å². The Hall–Kier alpha value is -1.41. The molecule has 2 aliphatic carbocycles. The fourth-order valence-electron chi connectivity index (χ4n) is 4.92. The number of carbonyl (C=O) groups excluding carboxylic acids is 3. The van der Waals surface area contributed by atoms with Crippen molar-refractivity contribution in [1.29, 1.82) is 0 Å². The first-order chi connectivity index (χ1) is 13.3. The lowest BCUT2D eigenvalue weighted by atomic mass is 9.81. The number of nitrogens with zero attached hydrogens (tertiary/aromatic N) is 1. The number of anilines is 1. The number of hydrogen-bond acceptors (Lipinski definition) is 4. The molecule has 150 valence electrons. The third-order valence-corrected chi connectivity index (χ3v) is 9.43. The summed E-state index contributed by atoms with van der Waals surface area (Å²) in [5, 5.41) is 2.79. The smallest absolute Gasteiger partial charge is 0.247 e. The highest BCUT2D eigenvalue weighted by molar-refractivity contribution is 9.12. The lowest BCUT2D eigenvalue weighted by molar-refractivity contribution is -0.146. The molecule has 0 aromatic heterocycles. The molecule has 3 aliphatic rings. The van der Waals surface area contributed by atoms with Crippen molar-refractivity contribution >= 4 is 55.3 Å². The summed E-state index contributed by atoms with van der Waals surface area (Å²) in [6.07, 6.45) is 0.874. The van der Waals surface area contributed by atoms with Crippen LogP contribution in [0.4, 0.5) is 5.69 Å². The molecule has 0 spiro atoms. The van der Waals surface area contributed by atoms with E-state index in [4.69, 9.17) is 4.74 Å². The third kappa shape index (κ3) is 3.00. The molecular weight excluding hydrogens is 492 g/mol. The normalized spacial score (nSPS) is 34.5. The van der Waals surface area contributed by atoms with E-state index in [0.717, 1.165) is 12.2 Å². The summed E-state index contributed by atoms with van der Waals surface area (Å²) in [5.74, 6) is -0.405. The average Bonchev–Trinajstić information content (AvgIpc) is 3.28. The molecule has 6 nitrogen and oxygen atoms in total. The molecule has 4 rings (SSSR count). The van der Waals surface area contributed by atoms with Crippen molar-refractivity contribution in [3.8, 4) is 5.75 Å². The van der Waals surface area contributed by atoms with Crippen molar-refractivity contribution in [1.82, 2.24) is 4.90 Å². The molecule has 1 N–H and O–H groups in total. The Balaban J connectivity index is 1.47. The van der Waals surface area contributed by atoms with E-state index in [9.17, 15) is 14.4 Å². The van der Waals surface area contributed by atoms with E-state index < -0.39 is 6.04 Å². The van der Waals surface area contributed by atoms with Crippen LogP contribution in [0.3, 0.4) is 0 Å². The molecule has 2 saturated carbocycles. The molecule has 0 radical (unpaired) electrons. The number of imide groups is 1. The molecule has 7 atom stereocenters. The van der Waals surface area contributed by atoms with E-state index >= 15 is 0 Å². The van der Waals surface area contributed by atoms with E-state index in [1.807, 2.05) is 6.92 Å². The number of likely N-dealkylation sites (tertiary alicyclic amines) is 1. The van der Waals surface area contributed by atoms with Gasteiger partial charge in [-0.05, 0) is 56.4 Å². The lowest BCUT2D eigenvalue weighted by Gasteiger charge is -2.28. The standard InChI is InChI=1S/C20H22Br2N2O4/c1-3-28-11-6-4-10(5-7-11)23-18(25)9(2)24-19(26)14-12-8-13(15(14)20(24)27)17(22)16(12)21/h4-7,9,12-17H,3,8H2,1-2H3,(H,23,25)/t9-,12+,13+,14-,15+,16-,17-/m0/s1. The summed E-state index contributed by atoms with van der Waals surface area (Å²) >= 11 is 7.35. The Morgan fingerprint density at radius 3 is 2.18 bits per heavy atom. The number of halogens is 2. The van der Waals surface area contributed by atoms with Gasteiger partial charge in [-0.2, -0.15) is 0 Å². The number of nitrogens with one attached hydrogen (secondary N) is 1. The zero-order valence-corrected chi connectivity index (χ0v) is 18.8. The number of amides is 3. The Labute approximate surface area is 180 Å². The van der Waals surface area contributed by atoms with Gasteiger partial charge in [0, 0.05) is 15.3 Å². The number of benzene rings is 1. The number of ether oxygens (including phenoxy) is 1.